The standard InChI is InChI=1S/C21H28N4O2/c1-24-13-15-25(16-14-24)12-9-20(26)23-21(18-7-10-22-11-8-18)17-3-5-19(27-2)6-4-17/h3-8,10-11,21H,9,12-16H2,1-2H3,(H,23,26)/t21-/m0/s1. The van der Waals surface area contributed by atoms with Crippen LogP contribution in [0.2, 0.25) is 0 Å². The van der Waals surface area contributed by atoms with E-state index in [-0.39, 0.29) is 11.9 Å². The quantitative estimate of drug-likeness (QED) is 0.809. The number of benzene rings is 1. The van der Waals surface area contributed by atoms with Crippen LogP contribution in [0.4, 0.5) is 0 Å². The third kappa shape index (κ3) is 5.52. The smallest absolute Gasteiger partial charge is 0.222 e. The molecule has 1 fully saturated rings. The molecule has 1 saturated heterocycles. The van der Waals surface area contributed by atoms with Crippen LogP contribution in [0.15, 0.2) is 48.8 Å². The van der Waals surface area contributed by atoms with E-state index in [1.54, 1.807) is 19.5 Å². The van der Waals surface area contributed by atoms with E-state index >= 15 is 0 Å². The fourth-order valence-electron chi connectivity index (χ4n) is 3.28. The molecule has 0 spiro atoms. The molecule has 6 nitrogen and oxygen atoms in total. The summed E-state index contributed by atoms with van der Waals surface area (Å²) in [6.07, 6.45) is 4.01. The largest absolute Gasteiger partial charge is 0.497 e. The molecule has 1 aromatic heterocycles. The van der Waals surface area contributed by atoms with Gasteiger partial charge in [0.2, 0.25) is 5.91 Å². The van der Waals surface area contributed by atoms with E-state index in [2.05, 4.69) is 27.1 Å². The fraction of sp³-hybridized carbons (Fsp3) is 0.429. The Labute approximate surface area is 161 Å². The molecule has 1 atom stereocenters. The summed E-state index contributed by atoms with van der Waals surface area (Å²) in [5, 5.41) is 3.19. The highest BCUT2D eigenvalue weighted by atomic mass is 16.5. The average molecular weight is 368 g/mol. The van der Waals surface area contributed by atoms with Crippen LogP contribution in [0.1, 0.15) is 23.6 Å². The van der Waals surface area contributed by atoms with Gasteiger partial charge in [-0.3, -0.25) is 9.78 Å². The summed E-state index contributed by atoms with van der Waals surface area (Å²) in [6, 6.07) is 11.5. The lowest BCUT2D eigenvalue weighted by Gasteiger charge is -2.32. The number of piperazine rings is 1. The molecule has 1 N–H and O–H groups in total. The number of hydrogen-bond donors (Lipinski definition) is 1. The number of rotatable bonds is 7. The number of carbonyl (C=O) groups excluding carboxylic acids is 1. The third-order valence-corrected chi connectivity index (χ3v) is 5.04. The molecule has 27 heavy (non-hydrogen) atoms. The number of amides is 1. The van der Waals surface area contributed by atoms with Crippen molar-refractivity contribution in [1.29, 1.82) is 0 Å². The summed E-state index contributed by atoms with van der Waals surface area (Å²) < 4.78 is 5.24. The van der Waals surface area contributed by atoms with E-state index in [4.69, 9.17) is 4.74 Å². The molecule has 3 rings (SSSR count). The van der Waals surface area contributed by atoms with E-state index in [9.17, 15) is 4.79 Å². The van der Waals surface area contributed by atoms with E-state index in [1.165, 1.54) is 0 Å². The number of nitrogens with zero attached hydrogens (tertiary/aromatic N) is 3. The number of carbonyl (C=O) groups is 1. The first-order valence-corrected chi connectivity index (χ1v) is 9.40. The summed E-state index contributed by atoms with van der Waals surface area (Å²) in [5.41, 5.74) is 2.04. The lowest BCUT2D eigenvalue weighted by Crippen LogP contribution is -2.45. The molecule has 1 amide bonds. The zero-order chi connectivity index (χ0) is 19.1. The Hall–Kier alpha value is -2.44. The Morgan fingerprint density at radius 3 is 2.33 bits per heavy atom. The Kier molecular flexibility index (Phi) is 6.79. The molecule has 1 aliphatic rings. The molecular weight excluding hydrogens is 340 g/mol. The summed E-state index contributed by atoms with van der Waals surface area (Å²) in [7, 11) is 3.79. The predicted octanol–water partition coefficient (Wildman–Crippen LogP) is 1.93. The molecule has 144 valence electrons. The van der Waals surface area contributed by atoms with Gasteiger partial charge in [-0.15, -0.1) is 0 Å². The lowest BCUT2D eigenvalue weighted by atomic mass is 9.99. The van der Waals surface area contributed by atoms with Gasteiger partial charge in [-0.2, -0.15) is 0 Å². The van der Waals surface area contributed by atoms with Crippen LogP contribution < -0.4 is 10.1 Å². The van der Waals surface area contributed by atoms with Gasteiger partial charge in [0.05, 0.1) is 13.2 Å². The van der Waals surface area contributed by atoms with Crippen LogP contribution in [-0.2, 0) is 4.79 Å². The van der Waals surface area contributed by atoms with Crippen LogP contribution in [0, 0.1) is 0 Å². The molecule has 0 unspecified atom stereocenters. The van der Waals surface area contributed by atoms with E-state index < -0.39 is 0 Å². The first-order chi connectivity index (χ1) is 13.2. The second kappa shape index (κ2) is 9.48. The van der Waals surface area contributed by atoms with Crippen molar-refractivity contribution in [1.82, 2.24) is 20.1 Å². The lowest BCUT2D eigenvalue weighted by molar-refractivity contribution is -0.122. The van der Waals surface area contributed by atoms with Gasteiger partial charge < -0.3 is 19.9 Å². The first-order valence-electron chi connectivity index (χ1n) is 9.40. The number of ether oxygens (including phenoxy) is 1. The molecule has 2 heterocycles. The Morgan fingerprint density at radius 1 is 1.07 bits per heavy atom. The van der Waals surface area contributed by atoms with Gasteiger partial charge in [0, 0.05) is 51.5 Å². The highest BCUT2D eigenvalue weighted by Gasteiger charge is 2.19. The number of hydrogen-bond acceptors (Lipinski definition) is 5. The summed E-state index contributed by atoms with van der Waals surface area (Å²) in [6.45, 7) is 4.97. The van der Waals surface area contributed by atoms with Gasteiger partial charge in [0.1, 0.15) is 5.75 Å². The Balaban J connectivity index is 1.65. The van der Waals surface area contributed by atoms with Gasteiger partial charge >= 0.3 is 0 Å². The van der Waals surface area contributed by atoms with Gasteiger partial charge in [0.25, 0.3) is 0 Å². The number of nitrogens with one attached hydrogen (secondary N) is 1. The minimum atomic E-state index is -0.195. The summed E-state index contributed by atoms with van der Waals surface area (Å²) >= 11 is 0. The maximum Gasteiger partial charge on any atom is 0.222 e. The van der Waals surface area contributed by atoms with Crippen molar-refractivity contribution < 1.29 is 9.53 Å². The molecule has 2 aromatic rings. The van der Waals surface area contributed by atoms with Crippen molar-refractivity contribution in [2.24, 2.45) is 0 Å². The van der Waals surface area contributed by atoms with Crippen molar-refractivity contribution in [2.45, 2.75) is 12.5 Å². The average Bonchev–Trinajstić information content (AvgIpc) is 2.72. The first kappa shape index (κ1) is 19.3. The van der Waals surface area contributed by atoms with Crippen molar-refractivity contribution in [2.75, 3.05) is 46.9 Å². The molecule has 0 saturated carbocycles. The summed E-state index contributed by atoms with van der Waals surface area (Å²) in [5.74, 6) is 0.861. The van der Waals surface area contributed by atoms with Crippen LogP contribution in [0.25, 0.3) is 0 Å². The maximum absolute atomic E-state index is 12.6. The number of likely N-dealkylation sites (N-methyl/N-ethyl adjacent to an activating group) is 1. The SMILES string of the molecule is COc1ccc([C@H](NC(=O)CCN2CCN(C)CC2)c2ccncc2)cc1. The van der Waals surface area contributed by atoms with Crippen LogP contribution in [-0.4, -0.2) is 67.6 Å². The molecule has 0 radical (unpaired) electrons. The zero-order valence-corrected chi connectivity index (χ0v) is 16.1. The van der Waals surface area contributed by atoms with Crippen LogP contribution in [0.5, 0.6) is 5.75 Å². The Bertz CT molecular complexity index is 713. The normalized spacial score (nSPS) is 16.7. The fourth-order valence-corrected chi connectivity index (χ4v) is 3.28. The maximum atomic E-state index is 12.6. The minimum absolute atomic E-state index is 0.0616. The van der Waals surface area contributed by atoms with E-state index in [0.29, 0.717) is 6.42 Å². The van der Waals surface area contributed by atoms with E-state index in [0.717, 1.165) is 49.6 Å². The Morgan fingerprint density at radius 2 is 1.70 bits per heavy atom. The van der Waals surface area contributed by atoms with Crippen molar-refractivity contribution in [3.63, 3.8) is 0 Å². The highest BCUT2D eigenvalue weighted by Crippen LogP contribution is 2.24. The van der Waals surface area contributed by atoms with Crippen LogP contribution >= 0.6 is 0 Å². The molecule has 6 heteroatoms. The van der Waals surface area contributed by atoms with Gasteiger partial charge in [-0.1, -0.05) is 12.1 Å². The van der Waals surface area contributed by atoms with Crippen molar-refractivity contribution in [3.8, 4) is 5.75 Å². The van der Waals surface area contributed by atoms with Crippen molar-refractivity contribution in [3.05, 3.63) is 59.9 Å². The topological polar surface area (TPSA) is 57.7 Å². The predicted molar refractivity (Wildman–Crippen MR) is 106 cm³/mol. The molecule has 0 bridgehead atoms. The minimum Gasteiger partial charge on any atom is -0.497 e. The van der Waals surface area contributed by atoms with Crippen molar-refractivity contribution >= 4 is 5.91 Å². The van der Waals surface area contributed by atoms with Gasteiger partial charge in [-0.05, 0) is 42.4 Å². The monoisotopic (exact) mass is 368 g/mol. The molecular formula is C21H28N4O2. The highest BCUT2D eigenvalue weighted by molar-refractivity contribution is 5.77. The number of methoxy groups -OCH3 is 1. The second-order valence-corrected chi connectivity index (χ2v) is 6.95. The summed E-state index contributed by atoms with van der Waals surface area (Å²) in [4.78, 5) is 21.4. The van der Waals surface area contributed by atoms with Gasteiger partial charge in [0.15, 0.2) is 0 Å². The van der Waals surface area contributed by atoms with Crippen LogP contribution in [0.3, 0.4) is 0 Å². The zero-order valence-electron chi connectivity index (χ0n) is 16.1. The molecule has 0 aliphatic carbocycles. The molecule has 1 aromatic carbocycles. The second-order valence-electron chi connectivity index (χ2n) is 6.95. The van der Waals surface area contributed by atoms with Gasteiger partial charge in [-0.25, -0.2) is 0 Å². The third-order valence-electron chi connectivity index (χ3n) is 5.04. The van der Waals surface area contributed by atoms with E-state index in [1.807, 2.05) is 36.4 Å². The molecule has 1 aliphatic heterocycles. The number of pyridine rings is 1. The number of aromatic nitrogens is 1.